The first-order valence-corrected chi connectivity index (χ1v) is 9.19. The van der Waals surface area contributed by atoms with Crippen molar-refractivity contribution in [3.63, 3.8) is 0 Å². The van der Waals surface area contributed by atoms with Gasteiger partial charge in [-0.25, -0.2) is 9.78 Å². The van der Waals surface area contributed by atoms with Crippen LogP contribution in [-0.2, 0) is 10.2 Å². The highest BCUT2D eigenvalue weighted by atomic mass is 32.1. The minimum atomic E-state index is -0.589. The lowest BCUT2D eigenvalue weighted by molar-refractivity contribution is 0.0635. The molecular weight excluding hydrogens is 350 g/mol. The van der Waals surface area contributed by atoms with Gasteiger partial charge in [0.1, 0.15) is 5.60 Å². The largest absolute Gasteiger partial charge is 0.444 e. The van der Waals surface area contributed by atoms with Crippen LogP contribution >= 0.6 is 11.3 Å². The first kappa shape index (κ1) is 19.9. The first-order valence-electron chi connectivity index (χ1n) is 8.31. The summed E-state index contributed by atoms with van der Waals surface area (Å²) in [5.41, 5.74) is 1.18. The van der Waals surface area contributed by atoms with Crippen LogP contribution < -0.4 is 10.6 Å². The van der Waals surface area contributed by atoms with Crippen molar-refractivity contribution in [2.24, 2.45) is 0 Å². The molecule has 2 aromatic rings. The van der Waals surface area contributed by atoms with Crippen molar-refractivity contribution in [3.05, 3.63) is 40.9 Å². The number of nitrogens with one attached hydrogen (secondary N) is 2. The number of benzene rings is 1. The van der Waals surface area contributed by atoms with Gasteiger partial charge in [-0.2, -0.15) is 0 Å². The molecule has 2 amide bonds. The minimum absolute atomic E-state index is 0.0727. The molecular formula is C19H25N3O3S. The molecule has 0 fully saturated rings. The Kier molecular flexibility index (Phi) is 5.71. The molecule has 1 aromatic carbocycles. The van der Waals surface area contributed by atoms with Gasteiger partial charge in [0.05, 0.1) is 5.69 Å². The number of ether oxygens (including phenoxy) is 1. The number of carbonyl (C=O) groups excluding carboxylic acids is 2. The van der Waals surface area contributed by atoms with Crippen molar-refractivity contribution in [1.29, 1.82) is 0 Å². The smallest absolute Gasteiger partial charge is 0.412 e. The van der Waals surface area contributed by atoms with E-state index in [0.29, 0.717) is 16.4 Å². The number of thiazole rings is 1. The van der Waals surface area contributed by atoms with Gasteiger partial charge in [-0.05, 0) is 39.0 Å². The van der Waals surface area contributed by atoms with E-state index in [1.807, 2.05) is 5.38 Å². The van der Waals surface area contributed by atoms with Crippen LogP contribution in [0.5, 0.6) is 0 Å². The Labute approximate surface area is 158 Å². The molecule has 0 unspecified atom stereocenters. The van der Waals surface area contributed by atoms with Crippen LogP contribution in [0.3, 0.4) is 0 Å². The lowest BCUT2D eigenvalue weighted by Crippen LogP contribution is -2.27. The van der Waals surface area contributed by atoms with Gasteiger partial charge < -0.3 is 4.74 Å². The maximum Gasteiger partial charge on any atom is 0.412 e. The van der Waals surface area contributed by atoms with Crippen molar-refractivity contribution in [2.75, 3.05) is 10.6 Å². The molecule has 1 aromatic heterocycles. The first-order chi connectivity index (χ1) is 11.9. The Morgan fingerprint density at radius 1 is 1.08 bits per heavy atom. The summed E-state index contributed by atoms with van der Waals surface area (Å²) in [5, 5.41) is 7.91. The van der Waals surface area contributed by atoms with Crippen molar-refractivity contribution in [2.45, 2.75) is 52.6 Å². The second-order valence-corrected chi connectivity index (χ2v) is 8.81. The molecule has 26 heavy (non-hydrogen) atoms. The Bertz CT molecular complexity index is 801. The van der Waals surface area contributed by atoms with Gasteiger partial charge in [-0.15, -0.1) is 11.3 Å². The molecule has 0 aliphatic heterocycles. The predicted molar refractivity (Wildman–Crippen MR) is 105 cm³/mol. The highest BCUT2D eigenvalue weighted by Crippen LogP contribution is 2.26. The fraction of sp³-hybridized carbons (Fsp3) is 0.421. The summed E-state index contributed by atoms with van der Waals surface area (Å²) in [6, 6.07) is 6.66. The number of amides is 2. The summed E-state index contributed by atoms with van der Waals surface area (Å²) in [6.45, 7) is 11.6. The number of anilines is 2. The van der Waals surface area contributed by atoms with E-state index in [4.69, 9.17) is 4.74 Å². The van der Waals surface area contributed by atoms with E-state index in [9.17, 15) is 9.59 Å². The number of carbonyl (C=O) groups is 2. The normalized spacial score (nSPS) is 11.8. The Balaban J connectivity index is 2.06. The SMILES string of the molecule is CC(C)(C)OC(=O)Nc1cccc(C(=O)Nc2nc(C(C)(C)C)cs2)c1. The molecule has 0 saturated heterocycles. The van der Waals surface area contributed by atoms with Crippen molar-refractivity contribution in [3.8, 4) is 0 Å². The topological polar surface area (TPSA) is 80.3 Å². The number of nitrogens with zero attached hydrogens (tertiary/aromatic N) is 1. The predicted octanol–water partition coefficient (Wildman–Crippen LogP) is 5.04. The third kappa shape index (κ3) is 5.84. The van der Waals surface area contributed by atoms with Crippen LogP contribution in [0.1, 0.15) is 57.6 Å². The summed E-state index contributed by atoms with van der Waals surface area (Å²) in [6.07, 6.45) is -0.565. The van der Waals surface area contributed by atoms with Crippen LogP contribution in [0.15, 0.2) is 29.6 Å². The summed E-state index contributed by atoms with van der Waals surface area (Å²) >= 11 is 1.39. The fourth-order valence-electron chi connectivity index (χ4n) is 2.00. The quantitative estimate of drug-likeness (QED) is 0.787. The third-order valence-electron chi connectivity index (χ3n) is 3.26. The molecule has 0 spiro atoms. The average Bonchev–Trinajstić information content (AvgIpc) is 2.94. The number of hydrogen-bond donors (Lipinski definition) is 2. The van der Waals surface area contributed by atoms with Crippen LogP contribution in [0, 0.1) is 0 Å². The van der Waals surface area contributed by atoms with E-state index in [2.05, 4.69) is 36.4 Å². The van der Waals surface area contributed by atoms with Crippen LogP contribution in [0.4, 0.5) is 15.6 Å². The molecule has 1 heterocycles. The van der Waals surface area contributed by atoms with Gasteiger partial charge in [0.2, 0.25) is 0 Å². The van der Waals surface area contributed by atoms with Crippen LogP contribution in [0.25, 0.3) is 0 Å². The Hall–Kier alpha value is -2.41. The summed E-state index contributed by atoms with van der Waals surface area (Å²) < 4.78 is 5.21. The maximum atomic E-state index is 12.5. The molecule has 0 bridgehead atoms. The van der Waals surface area contributed by atoms with Crippen LogP contribution in [-0.4, -0.2) is 22.6 Å². The minimum Gasteiger partial charge on any atom is -0.444 e. The Morgan fingerprint density at radius 2 is 1.77 bits per heavy atom. The third-order valence-corrected chi connectivity index (χ3v) is 4.02. The van der Waals surface area contributed by atoms with Crippen molar-refractivity contribution >= 4 is 34.2 Å². The van der Waals surface area contributed by atoms with Crippen molar-refractivity contribution in [1.82, 2.24) is 4.98 Å². The molecule has 7 heteroatoms. The molecule has 6 nitrogen and oxygen atoms in total. The van der Waals surface area contributed by atoms with E-state index < -0.39 is 11.7 Å². The molecule has 0 atom stereocenters. The van der Waals surface area contributed by atoms with Gasteiger partial charge in [-0.3, -0.25) is 15.4 Å². The zero-order chi connectivity index (χ0) is 19.5. The summed E-state index contributed by atoms with van der Waals surface area (Å²) in [7, 11) is 0. The molecule has 140 valence electrons. The molecule has 0 radical (unpaired) electrons. The van der Waals surface area contributed by atoms with Gasteiger partial charge in [0, 0.05) is 22.0 Å². The highest BCUT2D eigenvalue weighted by molar-refractivity contribution is 7.14. The second kappa shape index (κ2) is 7.45. The number of hydrogen-bond acceptors (Lipinski definition) is 5. The zero-order valence-corrected chi connectivity index (χ0v) is 16.8. The van der Waals surface area contributed by atoms with Gasteiger partial charge in [0.25, 0.3) is 5.91 Å². The summed E-state index contributed by atoms with van der Waals surface area (Å²) in [4.78, 5) is 28.8. The van der Waals surface area contributed by atoms with E-state index in [0.717, 1.165) is 5.69 Å². The second-order valence-electron chi connectivity index (χ2n) is 7.95. The number of rotatable bonds is 3. The fourth-order valence-corrected chi connectivity index (χ4v) is 2.94. The molecule has 0 aliphatic carbocycles. The van der Waals surface area contributed by atoms with Crippen LogP contribution in [0.2, 0.25) is 0 Å². The average molecular weight is 375 g/mol. The standard InChI is InChI=1S/C19H25N3O3S/c1-18(2,3)14-11-26-16(21-14)22-15(23)12-8-7-9-13(10-12)20-17(24)25-19(4,5)6/h7-11H,1-6H3,(H,20,24)(H,21,22,23). The van der Waals surface area contributed by atoms with Gasteiger partial charge in [-0.1, -0.05) is 26.8 Å². The monoisotopic (exact) mass is 375 g/mol. The van der Waals surface area contributed by atoms with Gasteiger partial charge in [0.15, 0.2) is 5.13 Å². The highest BCUT2D eigenvalue weighted by Gasteiger charge is 2.19. The van der Waals surface area contributed by atoms with E-state index in [-0.39, 0.29) is 11.3 Å². The van der Waals surface area contributed by atoms with E-state index in [1.54, 1.807) is 45.0 Å². The van der Waals surface area contributed by atoms with E-state index in [1.165, 1.54) is 11.3 Å². The maximum absolute atomic E-state index is 12.5. The molecule has 2 N–H and O–H groups in total. The van der Waals surface area contributed by atoms with E-state index >= 15 is 0 Å². The Morgan fingerprint density at radius 3 is 2.35 bits per heavy atom. The molecule has 2 rings (SSSR count). The molecule has 0 aliphatic rings. The van der Waals surface area contributed by atoms with Gasteiger partial charge >= 0.3 is 6.09 Å². The lowest BCUT2D eigenvalue weighted by atomic mass is 9.93. The number of aromatic nitrogens is 1. The van der Waals surface area contributed by atoms with Crippen molar-refractivity contribution < 1.29 is 14.3 Å². The zero-order valence-electron chi connectivity index (χ0n) is 16.0. The molecule has 0 saturated carbocycles. The lowest BCUT2D eigenvalue weighted by Gasteiger charge is -2.19. The summed E-state index contributed by atoms with van der Waals surface area (Å²) in [5.74, 6) is -0.285.